The van der Waals surface area contributed by atoms with Gasteiger partial charge >= 0.3 is 0 Å². The van der Waals surface area contributed by atoms with Crippen molar-refractivity contribution in [2.45, 2.75) is 25.2 Å². The number of amides is 1. The van der Waals surface area contributed by atoms with E-state index in [1.807, 2.05) is 30.4 Å². The van der Waals surface area contributed by atoms with Crippen molar-refractivity contribution in [1.29, 1.82) is 0 Å². The molecule has 2 atom stereocenters. The Bertz CT molecular complexity index is 552. The first-order valence-corrected chi connectivity index (χ1v) is 6.31. The SMILES string of the molecule is NC(=O)C1OC=C2C=CCC/C2=C2\C=CC=CC2O1. The third kappa shape index (κ3) is 2.27. The Labute approximate surface area is 111 Å². The van der Waals surface area contributed by atoms with Crippen LogP contribution in [0, 0.1) is 0 Å². The number of hydrogen-bond donors (Lipinski definition) is 1. The molecule has 2 unspecified atom stereocenters. The van der Waals surface area contributed by atoms with E-state index in [0.717, 1.165) is 24.0 Å². The second-order valence-electron chi connectivity index (χ2n) is 4.62. The van der Waals surface area contributed by atoms with Crippen LogP contribution >= 0.6 is 0 Å². The molecule has 0 fully saturated rings. The van der Waals surface area contributed by atoms with Gasteiger partial charge in [0.15, 0.2) is 0 Å². The molecule has 2 aliphatic carbocycles. The summed E-state index contributed by atoms with van der Waals surface area (Å²) in [4.78, 5) is 11.3. The van der Waals surface area contributed by atoms with Gasteiger partial charge in [-0.1, -0.05) is 36.5 Å². The predicted octanol–water partition coefficient (Wildman–Crippen LogP) is 1.87. The quantitative estimate of drug-likeness (QED) is 0.780. The first kappa shape index (κ1) is 12.0. The van der Waals surface area contributed by atoms with Gasteiger partial charge < -0.3 is 15.2 Å². The average molecular weight is 257 g/mol. The minimum Gasteiger partial charge on any atom is -0.462 e. The normalized spacial score (nSPS) is 32.5. The van der Waals surface area contributed by atoms with Gasteiger partial charge in [-0.2, -0.15) is 0 Å². The highest BCUT2D eigenvalue weighted by Gasteiger charge is 2.28. The van der Waals surface area contributed by atoms with Gasteiger partial charge in [0, 0.05) is 5.57 Å². The van der Waals surface area contributed by atoms with Crippen molar-refractivity contribution in [3.63, 3.8) is 0 Å². The highest BCUT2D eigenvalue weighted by atomic mass is 16.7. The molecule has 0 radical (unpaired) electrons. The van der Waals surface area contributed by atoms with Crippen LogP contribution in [-0.4, -0.2) is 18.3 Å². The van der Waals surface area contributed by atoms with E-state index in [1.165, 1.54) is 5.57 Å². The van der Waals surface area contributed by atoms with Crippen molar-refractivity contribution in [2.24, 2.45) is 5.73 Å². The third-order valence-electron chi connectivity index (χ3n) is 3.36. The van der Waals surface area contributed by atoms with Gasteiger partial charge in [0.05, 0.1) is 6.26 Å². The predicted molar refractivity (Wildman–Crippen MR) is 70.7 cm³/mol. The van der Waals surface area contributed by atoms with Crippen molar-refractivity contribution in [3.05, 3.63) is 59.4 Å². The van der Waals surface area contributed by atoms with Gasteiger partial charge in [0.25, 0.3) is 12.2 Å². The number of hydrogen-bond acceptors (Lipinski definition) is 3. The lowest BCUT2D eigenvalue weighted by molar-refractivity contribution is -0.160. The zero-order chi connectivity index (χ0) is 13.2. The van der Waals surface area contributed by atoms with Crippen LogP contribution in [-0.2, 0) is 14.3 Å². The fourth-order valence-corrected chi connectivity index (χ4v) is 2.45. The molecule has 0 spiro atoms. The molecule has 0 aromatic heterocycles. The molecule has 4 heteroatoms. The van der Waals surface area contributed by atoms with Crippen LogP contribution in [0.25, 0.3) is 0 Å². The van der Waals surface area contributed by atoms with E-state index in [2.05, 4.69) is 6.08 Å². The molecule has 1 aliphatic heterocycles. The summed E-state index contributed by atoms with van der Waals surface area (Å²) < 4.78 is 11.0. The average Bonchev–Trinajstić information content (AvgIpc) is 2.41. The first-order chi connectivity index (χ1) is 9.25. The molecule has 0 aromatic carbocycles. The Hall–Kier alpha value is -2.07. The topological polar surface area (TPSA) is 61.6 Å². The van der Waals surface area contributed by atoms with E-state index in [1.54, 1.807) is 6.26 Å². The summed E-state index contributed by atoms with van der Waals surface area (Å²) in [5.74, 6) is -0.623. The van der Waals surface area contributed by atoms with E-state index in [-0.39, 0.29) is 6.10 Å². The summed E-state index contributed by atoms with van der Waals surface area (Å²) in [5.41, 5.74) is 8.55. The van der Waals surface area contributed by atoms with Crippen molar-refractivity contribution in [3.8, 4) is 0 Å². The fourth-order valence-electron chi connectivity index (χ4n) is 2.45. The Kier molecular flexibility index (Phi) is 3.09. The molecule has 98 valence electrons. The van der Waals surface area contributed by atoms with E-state index in [9.17, 15) is 4.79 Å². The lowest BCUT2D eigenvalue weighted by atomic mass is 9.87. The second-order valence-corrected chi connectivity index (χ2v) is 4.62. The zero-order valence-corrected chi connectivity index (χ0v) is 10.4. The molecule has 1 amide bonds. The van der Waals surface area contributed by atoms with Gasteiger partial charge in [-0.15, -0.1) is 0 Å². The highest BCUT2D eigenvalue weighted by molar-refractivity contribution is 5.77. The molecule has 0 aromatic rings. The maximum Gasteiger partial charge on any atom is 0.287 e. The Balaban J connectivity index is 2.06. The summed E-state index contributed by atoms with van der Waals surface area (Å²) in [7, 11) is 0. The van der Waals surface area contributed by atoms with Gasteiger partial charge in [0.2, 0.25) is 0 Å². The number of fused-ring (bicyclic) bond motifs is 2. The molecule has 19 heavy (non-hydrogen) atoms. The smallest absolute Gasteiger partial charge is 0.287 e. The molecule has 0 bridgehead atoms. The molecule has 3 rings (SSSR count). The van der Waals surface area contributed by atoms with Crippen LogP contribution in [0.15, 0.2) is 59.4 Å². The van der Waals surface area contributed by atoms with Crippen molar-refractivity contribution < 1.29 is 14.3 Å². The zero-order valence-electron chi connectivity index (χ0n) is 10.4. The van der Waals surface area contributed by atoms with Crippen LogP contribution in [0.3, 0.4) is 0 Å². The van der Waals surface area contributed by atoms with E-state index in [0.29, 0.717) is 0 Å². The summed E-state index contributed by atoms with van der Waals surface area (Å²) in [5, 5.41) is 0. The monoisotopic (exact) mass is 257 g/mol. The molecule has 3 aliphatic rings. The minimum atomic E-state index is -1.06. The van der Waals surface area contributed by atoms with Gasteiger partial charge in [-0.25, -0.2) is 0 Å². The van der Waals surface area contributed by atoms with Crippen LogP contribution < -0.4 is 5.73 Å². The van der Waals surface area contributed by atoms with Gasteiger partial charge in [-0.3, -0.25) is 4.79 Å². The van der Waals surface area contributed by atoms with Gasteiger partial charge in [-0.05, 0) is 24.0 Å². The second kappa shape index (κ2) is 4.90. The number of carbonyl (C=O) groups excluding carboxylic acids is 1. The maximum absolute atomic E-state index is 11.3. The molecule has 2 N–H and O–H groups in total. The largest absolute Gasteiger partial charge is 0.462 e. The summed E-state index contributed by atoms with van der Waals surface area (Å²) >= 11 is 0. The lowest BCUT2D eigenvalue weighted by Gasteiger charge is -2.29. The third-order valence-corrected chi connectivity index (χ3v) is 3.36. The minimum absolute atomic E-state index is 0.285. The highest BCUT2D eigenvalue weighted by Crippen LogP contribution is 2.33. The van der Waals surface area contributed by atoms with Gasteiger partial charge in [0.1, 0.15) is 6.10 Å². The Morgan fingerprint density at radius 2 is 2.21 bits per heavy atom. The number of nitrogens with two attached hydrogens (primary N) is 1. The first-order valence-electron chi connectivity index (χ1n) is 6.31. The van der Waals surface area contributed by atoms with Crippen molar-refractivity contribution >= 4 is 5.91 Å². The maximum atomic E-state index is 11.3. The molecule has 1 heterocycles. The number of primary amides is 1. The fraction of sp³-hybridized carbons (Fsp3) is 0.267. The van der Waals surface area contributed by atoms with Crippen LogP contribution in [0.1, 0.15) is 12.8 Å². The summed E-state index contributed by atoms with van der Waals surface area (Å²) in [6, 6.07) is 0. The Morgan fingerprint density at radius 3 is 3.05 bits per heavy atom. The number of rotatable bonds is 1. The molecule has 4 nitrogen and oxygen atoms in total. The number of ether oxygens (including phenoxy) is 2. The van der Waals surface area contributed by atoms with Crippen molar-refractivity contribution in [1.82, 2.24) is 0 Å². The van der Waals surface area contributed by atoms with E-state index < -0.39 is 12.2 Å². The Morgan fingerprint density at radius 1 is 1.32 bits per heavy atom. The van der Waals surface area contributed by atoms with E-state index >= 15 is 0 Å². The molecule has 0 saturated carbocycles. The van der Waals surface area contributed by atoms with E-state index in [4.69, 9.17) is 15.2 Å². The van der Waals surface area contributed by atoms with Crippen LogP contribution in [0.2, 0.25) is 0 Å². The number of carbonyl (C=O) groups is 1. The van der Waals surface area contributed by atoms with Crippen molar-refractivity contribution in [2.75, 3.05) is 0 Å². The standard InChI is InChI=1S/C15H15NO3/c16-14(17)15-18-9-10-5-1-2-6-11(10)12-7-3-4-8-13(12)19-15/h1,3-5,7-9,13,15H,2,6H2,(H2,16,17)/b10-9?,12-11-. The molecule has 0 saturated heterocycles. The van der Waals surface area contributed by atoms with Crippen LogP contribution in [0.4, 0.5) is 0 Å². The lowest BCUT2D eigenvalue weighted by Crippen LogP contribution is -2.37. The van der Waals surface area contributed by atoms with Crippen LogP contribution in [0.5, 0.6) is 0 Å². The summed E-state index contributed by atoms with van der Waals surface area (Å²) in [6.07, 6.45) is 14.1. The molecular formula is C15H15NO3. The molecular weight excluding hydrogens is 242 g/mol. The summed E-state index contributed by atoms with van der Waals surface area (Å²) in [6.45, 7) is 0. The number of allylic oxidation sites excluding steroid dienone is 6.